The minimum atomic E-state index is -0.887. The van der Waals surface area contributed by atoms with Gasteiger partial charge in [-0.15, -0.1) is 0 Å². The smallest absolute Gasteiger partial charge is 0.421 e. The quantitative estimate of drug-likeness (QED) is 0.463. The maximum Gasteiger partial charge on any atom is 0.421 e. The standard InChI is InChI=1S/C4H8N2O2/c7-4(8)6-3-1-2-5-6/h5H,1-3H2,(H,7,8). The van der Waals surface area contributed by atoms with Gasteiger partial charge in [0.2, 0.25) is 0 Å². The average Bonchev–Trinajstić information content (AvgIpc) is 2.12. The summed E-state index contributed by atoms with van der Waals surface area (Å²) in [6, 6.07) is 0. The molecule has 1 rings (SSSR count). The largest absolute Gasteiger partial charge is 0.464 e. The molecular formula is C4H8N2O2. The van der Waals surface area contributed by atoms with Crippen LogP contribution in [-0.2, 0) is 0 Å². The van der Waals surface area contributed by atoms with Crippen molar-refractivity contribution in [2.75, 3.05) is 13.1 Å². The summed E-state index contributed by atoms with van der Waals surface area (Å²) in [6.45, 7) is 1.40. The fourth-order valence-electron chi connectivity index (χ4n) is 0.694. The first kappa shape index (κ1) is 5.37. The minimum absolute atomic E-state index is 0.620. The second-order valence-electron chi connectivity index (χ2n) is 1.70. The van der Waals surface area contributed by atoms with Crippen LogP contribution in [0.4, 0.5) is 4.79 Å². The van der Waals surface area contributed by atoms with Gasteiger partial charge < -0.3 is 5.11 Å². The van der Waals surface area contributed by atoms with Crippen LogP contribution in [0.15, 0.2) is 0 Å². The lowest BCUT2D eigenvalue weighted by molar-refractivity contribution is 0.138. The van der Waals surface area contributed by atoms with Gasteiger partial charge in [0.05, 0.1) is 0 Å². The third-order valence-corrected chi connectivity index (χ3v) is 1.09. The normalized spacial score (nSPS) is 19.2. The summed E-state index contributed by atoms with van der Waals surface area (Å²) in [6.07, 6.45) is 0.0363. The van der Waals surface area contributed by atoms with Crippen LogP contribution in [0.1, 0.15) is 6.42 Å². The number of amides is 1. The van der Waals surface area contributed by atoms with Crippen LogP contribution in [0.5, 0.6) is 0 Å². The van der Waals surface area contributed by atoms with Gasteiger partial charge in [-0.1, -0.05) is 0 Å². The second kappa shape index (κ2) is 2.00. The lowest BCUT2D eigenvalue weighted by atomic mass is 10.5. The third kappa shape index (κ3) is 0.894. The van der Waals surface area contributed by atoms with Gasteiger partial charge >= 0.3 is 6.09 Å². The molecule has 0 radical (unpaired) electrons. The summed E-state index contributed by atoms with van der Waals surface area (Å²) in [5.74, 6) is 0. The van der Waals surface area contributed by atoms with Gasteiger partial charge in [0.25, 0.3) is 0 Å². The third-order valence-electron chi connectivity index (χ3n) is 1.09. The molecule has 0 unspecified atom stereocenters. The Morgan fingerprint density at radius 2 is 2.50 bits per heavy atom. The molecule has 1 heterocycles. The summed E-state index contributed by atoms with van der Waals surface area (Å²) in [4.78, 5) is 10.1. The number of nitrogens with one attached hydrogen (secondary N) is 1. The molecule has 0 saturated carbocycles. The second-order valence-corrected chi connectivity index (χ2v) is 1.70. The molecule has 1 amide bonds. The summed E-state index contributed by atoms with van der Waals surface area (Å²) in [5.41, 5.74) is 2.69. The molecular weight excluding hydrogens is 108 g/mol. The molecule has 1 aliphatic rings. The fourth-order valence-corrected chi connectivity index (χ4v) is 0.694. The van der Waals surface area contributed by atoms with Crippen molar-refractivity contribution in [2.45, 2.75) is 6.42 Å². The van der Waals surface area contributed by atoms with Crippen LogP contribution in [0, 0.1) is 0 Å². The Bertz CT molecular complexity index is 98.2. The van der Waals surface area contributed by atoms with Gasteiger partial charge in [0.15, 0.2) is 0 Å². The van der Waals surface area contributed by atoms with E-state index in [2.05, 4.69) is 5.43 Å². The van der Waals surface area contributed by atoms with Crippen molar-refractivity contribution in [1.82, 2.24) is 10.4 Å². The van der Waals surface area contributed by atoms with Gasteiger partial charge in [-0.25, -0.2) is 15.2 Å². The Labute approximate surface area is 47.1 Å². The van der Waals surface area contributed by atoms with Crippen molar-refractivity contribution < 1.29 is 9.90 Å². The van der Waals surface area contributed by atoms with E-state index >= 15 is 0 Å². The van der Waals surface area contributed by atoms with Gasteiger partial charge in [-0.05, 0) is 6.42 Å². The molecule has 4 nitrogen and oxygen atoms in total. The van der Waals surface area contributed by atoms with Crippen molar-refractivity contribution in [3.05, 3.63) is 0 Å². The number of hydrogen-bond donors (Lipinski definition) is 2. The van der Waals surface area contributed by atoms with Crippen LogP contribution in [0.2, 0.25) is 0 Å². The van der Waals surface area contributed by atoms with E-state index in [1.165, 1.54) is 5.01 Å². The van der Waals surface area contributed by atoms with Crippen LogP contribution >= 0.6 is 0 Å². The van der Waals surface area contributed by atoms with E-state index in [1.54, 1.807) is 0 Å². The molecule has 2 N–H and O–H groups in total. The molecule has 0 aromatic heterocycles. The Balaban J connectivity index is 2.35. The monoisotopic (exact) mass is 116 g/mol. The van der Waals surface area contributed by atoms with Crippen molar-refractivity contribution in [3.8, 4) is 0 Å². The lowest BCUT2D eigenvalue weighted by Crippen LogP contribution is -2.35. The van der Waals surface area contributed by atoms with E-state index < -0.39 is 6.09 Å². The molecule has 0 atom stereocenters. The molecule has 1 fully saturated rings. The van der Waals surface area contributed by atoms with Crippen molar-refractivity contribution in [3.63, 3.8) is 0 Å². The molecule has 0 aliphatic carbocycles. The molecule has 0 spiro atoms. The minimum Gasteiger partial charge on any atom is -0.464 e. The molecule has 1 saturated heterocycles. The van der Waals surface area contributed by atoms with Crippen molar-refractivity contribution in [2.24, 2.45) is 0 Å². The van der Waals surface area contributed by atoms with E-state index in [0.29, 0.717) is 6.54 Å². The van der Waals surface area contributed by atoms with Gasteiger partial charge in [-0.3, -0.25) is 0 Å². The fraction of sp³-hybridized carbons (Fsp3) is 0.750. The topological polar surface area (TPSA) is 52.6 Å². The predicted octanol–water partition coefficient (Wildman–Crippen LogP) is -0.125. The first-order valence-corrected chi connectivity index (χ1v) is 2.54. The summed E-state index contributed by atoms with van der Waals surface area (Å²) in [5, 5.41) is 9.47. The number of hydrazine groups is 1. The highest BCUT2D eigenvalue weighted by Crippen LogP contribution is 1.94. The Morgan fingerprint density at radius 1 is 1.75 bits per heavy atom. The van der Waals surface area contributed by atoms with Crippen molar-refractivity contribution in [1.29, 1.82) is 0 Å². The molecule has 0 aromatic rings. The van der Waals surface area contributed by atoms with Gasteiger partial charge in [-0.2, -0.15) is 0 Å². The number of nitrogens with zero attached hydrogens (tertiary/aromatic N) is 1. The lowest BCUT2D eigenvalue weighted by Gasteiger charge is -2.08. The Morgan fingerprint density at radius 3 is 2.75 bits per heavy atom. The van der Waals surface area contributed by atoms with Gasteiger partial charge in [0.1, 0.15) is 0 Å². The molecule has 1 aliphatic heterocycles. The van der Waals surface area contributed by atoms with Crippen LogP contribution in [0.3, 0.4) is 0 Å². The van der Waals surface area contributed by atoms with Crippen LogP contribution in [0.25, 0.3) is 0 Å². The zero-order valence-electron chi connectivity index (χ0n) is 4.42. The van der Waals surface area contributed by atoms with Crippen LogP contribution in [-0.4, -0.2) is 29.3 Å². The molecule has 46 valence electrons. The van der Waals surface area contributed by atoms with E-state index in [-0.39, 0.29) is 0 Å². The molecule has 8 heavy (non-hydrogen) atoms. The van der Waals surface area contributed by atoms with E-state index in [0.717, 1.165) is 13.0 Å². The summed E-state index contributed by atoms with van der Waals surface area (Å²) < 4.78 is 0. The van der Waals surface area contributed by atoms with Crippen molar-refractivity contribution >= 4 is 6.09 Å². The van der Waals surface area contributed by atoms with Gasteiger partial charge in [0, 0.05) is 13.1 Å². The number of carboxylic acid groups (broad SMARTS) is 1. The SMILES string of the molecule is O=C(O)N1CCCN1. The Hall–Kier alpha value is -0.770. The first-order valence-electron chi connectivity index (χ1n) is 2.54. The number of hydrogen-bond acceptors (Lipinski definition) is 2. The van der Waals surface area contributed by atoms with E-state index in [1.807, 2.05) is 0 Å². The number of carbonyl (C=O) groups is 1. The zero-order chi connectivity index (χ0) is 5.98. The number of rotatable bonds is 0. The Kier molecular flexibility index (Phi) is 1.34. The maximum atomic E-state index is 10.1. The maximum absolute atomic E-state index is 10.1. The van der Waals surface area contributed by atoms with Crippen LogP contribution < -0.4 is 5.43 Å². The molecule has 0 aromatic carbocycles. The molecule has 0 bridgehead atoms. The van der Waals surface area contributed by atoms with E-state index in [9.17, 15) is 4.79 Å². The average molecular weight is 116 g/mol. The zero-order valence-corrected chi connectivity index (χ0v) is 4.42. The highest BCUT2D eigenvalue weighted by molar-refractivity contribution is 5.64. The molecule has 4 heteroatoms. The summed E-state index contributed by atoms with van der Waals surface area (Å²) >= 11 is 0. The highest BCUT2D eigenvalue weighted by atomic mass is 16.4. The predicted molar refractivity (Wildman–Crippen MR) is 27.4 cm³/mol. The summed E-state index contributed by atoms with van der Waals surface area (Å²) in [7, 11) is 0. The highest BCUT2D eigenvalue weighted by Gasteiger charge is 2.14. The van der Waals surface area contributed by atoms with E-state index in [4.69, 9.17) is 5.11 Å². The first-order chi connectivity index (χ1) is 3.80.